The molecule has 2 aromatic heterocycles. The zero-order valence-electron chi connectivity index (χ0n) is 19.7. The molecule has 2 unspecified atom stereocenters. The molecule has 6 rings (SSSR count). The molecule has 1 saturated carbocycles. The number of nitrogens with one attached hydrogen (secondary N) is 1. The van der Waals surface area contributed by atoms with Crippen LogP contribution in [0, 0.1) is 5.92 Å². The lowest BCUT2D eigenvalue weighted by atomic mass is 10.0. The first-order valence-corrected chi connectivity index (χ1v) is 12.9. The summed E-state index contributed by atoms with van der Waals surface area (Å²) in [6, 6.07) is 12.0. The SMILES string of the molecule is CSc1ccc(C2=CC=C3C(C=C2)C32CN(c3nc(-c4ccncn4)cc(=O)n3C)CCN2)cc1. The van der Waals surface area contributed by atoms with Gasteiger partial charge in [0.1, 0.15) is 6.33 Å². The third-order valence-electron chi connectivity index (χ3n) is 7.13. The molecule has 3 aliphatic rings. The number of rotatable bonds is 4. The Labute approximate surface area is 208 Å². The van der Waals surface area contributed by atoms with Gasteiger partial charge in [-0.2, -0.15) is 0 Å². The second kappa shape index (κ2) is 8.62. The van der Waals surface area contributed by atoms with E-state index in [2.05, 4.69) is 75.0 Å². The summed E-state index contributed by atoms with van der Waals surface area (Å²) in [6.07, 6.45) is 14.3. The predicted molar refractivity (Wildman–Crippen MR) is 140 cm³/mol. The molecule has 1 aromatic carbocycles. The molecule has 1 saturated heterocycles. The van der Waals surface area contributed by atoms with Crippen LogP contribution in [0.5, 0.6) is 0 Å². The Bertz CT molecular complexity index is 1430. The Balaban J connectivity index is 1.28. The minimum absolute atomic E-state index is 0.0969. The van der Waals surface area contributed by atoms with Crippen LogP contribution in [0.15, 0.2) is 88.5 Å². The number of nitrogens with zero attached hydrogens (tertiary/aromatic N) is 5. The van der Waals surface area contributed by atoms with Crippen molar-refractivity contribution >= 4 is 23.3 Å². The molecular formula is C27H26N6OS. The molecule has 0 bridgehead atoms. The van der Waals surface area contributed by atoms with Crippen molar-refractivity contribution in [1.82, 2.24) is 24.8 Å². The van der Waals surface area contributed by atoms with Gasteiger partial charge in [-0.05, 0) is 41.2 Å². The number of hydrogen-bond acceptors (Lipinski definition) is 7. The molecule has 2 fully saturated rings. The summed E-state index contributed by atoms with van der Waals surface area (Å²) in [7, 11) is 1.78. The van der Waals surface area contributed by atoms with Gasteiger partial charge in [-0.3, -0.25) is 9.36 Å². The highest BCUT2D eigenvalue weighted by Gasteiger charge is 2.60. The van der Waals surface area contributed by atoms with E-state index < -0.39 is 0 Å². The number of benzene rings is 1. The molecule has 7 nitrogen and oxygen atoms in total. The third kappa shape index (κ3) is 3.83. The van der Waals surface area contributed by atoms with E-state index in [4.69, 9.17) is 4.98 Å². The van der Waals surface area contributed by atoms with Gasteiger partial charge in [0.15, 0.2) is 0 Å². The topological polar surface area (TPSA) is 75.9 Å². The Kier molecular flexibility index (Phi) is 5.42. The molecule has 176 valence electrons. The molecular weight excluding hydrogens is 456 g/mol. The van der Waals surface area contributed by atoms with Crippen molar-refractivity contribution in [2.75, 3.05) is 30.8 Å². The summed E-state index contributed by atoms with van der Waals surface area (Å²) in [6.45, 7) is 2.36. The lowest BCUT2D eigenvalue weighted by molar-refractivity contribution is 0.428. The van der Waals surface area contributed by atoms with Crippen molar-refractivity contribution in [1.29, 1.82) is 0 Å². The van der Waals surface area contributed by atoms with Gasteiger partial charge < -0.3 is 10.2 Å². The largest absolute Gasteiger partial charge is 0.339 e. The second-order valence-corrected chi connectivity index (χ2v) is 9.94. The fourth-order valence-corrected chi connectivity index (χ4v) is 5.57. The number of piperazine rings is 1. The van der Waals surface area contributed by atoms with Crippen LogP contribution in [0.3, 0.4) is 0 Å². The second-order valence-electron chi connectivity index (χ2n) is 9.06. The van der Waals surface area contributed by atoms with Crippen LogP contribution in [0.4, 0.5) is 5.95 Å². The smallest absolute Gasteiger partial charge is 0.255 e. The molecule has 35 heavy (non-hydrogen) atoms. The highest BCUT2D eigenvalue weighted by Crippen LogP contribution is 2.54. The van der Waals surface area contributed by atoms with Gasteiger partial charge in [0.2, 0.25) is 5.95 Å². The Morgan fingerprint density at radius 3 is 2.77 bits per heavy atom. The van der Waals surface area contributed by atoms with Crippen LogP contribution in [-0.4, -0.2) is 50.9 Å². The van der Waals surface area contributed by atoms with Gasteiger partial charge >= 0.3 is 0 Å². The number of fused-ring (bicyclic) bond motifs is 3. The minimum Gasteiger partial charge on any atom is -0.339 e. The highest BCUT2D eigenvalue weighted by molar-refractivity contribution is 7.98. The van der Waals surface area contributed by atoms with Crippen molar-refractivity contribution in [2.45, 2.75) is 10.4 Å². The molecule has 3 aromatic rings. The Hall–Kier alpha value is -3.49. The number of aromatic nitrogens is 4. The van der Waals surface area contributed by atoms with Gasteiger partial charge in [-0.1, -0.05) is 36.4 Å². The molecule has 2 aliphatic carbocycles. The van der Waals surface area contributed by atoms with Gasteiger partial charge in [-0.25, -0.2) is 15.0 Å². The highest BCUT2D eigenvalue weighted by atomic mass is 32.2. The Morgan fingerprint density at radius 2 is 2.00 bits per heavy atom. The van der Waals surface area contributed by atoms with Crippen LogP contribution in [-0.2, 0) is 7.05 Å². The van der Waals surface area contributed by atoms with Gasteiger partial charge in [-0.15, -0.1) is 11.8 Å². The van der Waals surface area contributed by atoms with Gasteiger partial charge in [0, 0.05) is 49.8 Å². The first-order chi connectivity index (χ1) is 17.1. The van der Waals surface area contributed by atoms with Crippen molar-refractivity contribution in [3.63, 3.8) is 0 Å². The first-order valence-electron chi connectivity index (χ1n) is 11.7. The van der Waals surface area contributed by atoms with Crippen LogP contribution >= 0.6 is 11.8 Å². The maximum Gasteiger partial charge on any atom is 0.255 e. The van der Waals surface area contributed by atoms with Crippen molar-refractivity contribution < 1.29 is 0 Å². The maximum absolute atomic E-state index is 12.8. The van der Waals surface area contributed by atoms with Gasteiger partial charge in [0.05, 0.1) is 16.9 Å². The lowest BCUT2D eigenvalue weighted by Crippen LogP contribution is -2.55. The number of anilines is 1. The lowest BCUT2D eigenvalue weighted by Gasteiger charge is -2.36. The average Bonchev–Trinajstić information content (AvgIpc) is 3.56. The summed E-state index contributed by atoms with van der Waals surface area (Å²) >= 11 is 1.76. The average molecular weight is 483 g/mol. The van der Waals surface area contributed by atoms with Crippen molar-refractivity contribution in [2.24, 2.45) is 13.0 Å². The predicted octanol–water partition coefficient (Wildman–Crippen LogP) is 3.32. The summed E-state index contributed by atoms with van der Waals surface area (Å²) in [4.78, 5) is 29.3. The van der Waals surface area contributed by atoms with E-state index in [1.54, 1.807) is 35.6 Å². The zero-order chi connectivity index (χ0) is 24.0. The number of thioether (sulfide) groups is 1. The van der Waals surface area contributed by atoms with E-state index >= 15 is 0 Å². The van der Waals surface area contributed by atoms with Gasteiger partial charge in [0.25, 0.3) is 5.56 Å². The summed E-state index contributed by atoms with van der Waals surface area (Å²) < 4.78 is 1.63. The number of hydrogen-bond donors (Lipinski definition) is 1. The maximum atomic E-state index is 12.8. The summed E-state index contributed by atoms with van der Waals surface area (Å²) in [5.74, 6) is 0.995. The van der Waals surface area contributed by atoms with Crippen LogP contribution < -0.4 is 15.8 Å². The standard InChI is InChI=1S/C27H26N6OS/c1-32-25(34)15-24(23-11-12-28-17-29-23)31-26(32)33-14-13-30-27(16-33)21-9-5-19(6-10-22(21)27)18-3-7-20(35-2)8-4-18/h3-12,15,17,21,30H,13-14,16H2,1-2H3. The molecule has 0 radical (unpaired) electrons. The van der Waals surface area contributed by atoms with E-state index in [1.807, 2.05) is 0 Å². The Morgan fingerprint density at radius 1 is 1.14 bits per heavy atom. The molecule has 0 amide bonds. The first kappa shape index (κ1) is 22.0. The van der Waals surface area contributed by atoms with Crippen LogP contribution in [0.2, 0.25) is 0 Å². The van der Waals surface area contributed by atoms with E-state index in [-0.39, 0.29) is 11.1 Å². The normalized spacial score (nSPS) is 22.9. The molecule has 3 heterocycles. The van der Waals surface area contributed by atoms with E-state index in [1.165, 1.54) is 34.0 Å². The molecule has 1 aliphatic heterocycles. The van der Waals surface area contributed by atoms with Crippen LogP contribution in [0.1, 0.15) is 5.56 Å². The molecule has 1 N–H and O–H groups in total. The van der Waals surface area contributed by atoms with E-state index in [0.29, 0.717) is 23.3 Å². The molecule has 2 atom stereocenters. The fraction of sp³-hybridized carbons (Fsp3) is 0.259. The zero-order valence-corrected chi connectivity index (χ0v) is 20.5. The molecule has 1 spiro atoms. The summed E-state index contributed by atoms with van der Waals surface area (Å²) in [5, 5.41) is 3.76. The summed E-state index contributed by atoms with van der Waals surface area (Å²) in [5.41, 5.74) is 4.83. The molecule has 8 heteroatoms. The van der Waals surface area contributed by atoms with E-state index in [9.17, 15) is 4.79 Å². The minimum atomic E-state index is -0.123. The third-order valence-corrected chi connectivity index (χ3v) is 7.88. The van der Waals surface area contributed by atoms with Crippen molar-refractivity contribution in [3.05, 3.63) is 94.7 Å². The van der Waals surface area contributed by atoms with Crippen molar-refractivity contribution in [3.8, 4) is 11.4 Å². The quantitative estimate of drug-likeness (QED) is 0.572. The fourth-order valence-electron chi connectivity index (χ4n) is 5.16. The van der Waals surface area contributed by atoms with E-state index in [0.717, 1.165) is 19.6 Å². The number of allylic oxidation sites excluding steroid dienone is 4. The van der Waals surface area contributed by atoms with Crippen LogP contribution in [0.25, 0.3) is 17.0 Å². The monoisotopic (exact) mass is 482 g/mol.